The van der Waals surface area contributed by atoms with Crippen LogP contribution in [0, 0.1) is 0 Å². The van der Waals surface area contributed by atoms with Crippen LogP contribution in [0.1, 0.15) is 46.5 Å². The van der Waals surface area contributed by atoms with Gasteiger partial charge in [-0.15, -0.1) is 0 Å². The van der Waals surface area contributed by atoms with E-state index in [0.717, 1.165) is 26.1 Å². The lowest BCUT2D eigenvalue weighted by molar-refractivity contribution is -0.163. The third-order valence-electron chi connectivity index (χ3n) is 4.73. The molecule has 2 N–H and O–H groups in total. The van der Waals surface area contributed by atoms with E-state index in [9.17, 15) is 0 Å². The first-order valence-corrected chi connectivity index (χ1v) is 7.56. The maximum absolute atomic E-state index is 6.18. The zero-order valence-corrected chi connectivity index (χ0v) is 12.9. The Kier molecular flexibility index (Phi) is 4.56. The van der Waals surface area contributed by atoms with Crippen LogP contribution in [0.25, 0.3) is 0 Å². The second-order valence-electron chi connectivity index (χ2n) is 6.95. The number of rotatable bonds is 3. The highest BCUT2D eigenvalue weighted by molar-refractivity contribution is 5.00. The first kappa shape index (κ1) is 15.2. The number of methoxy groups -OCH3 is 1. The van der Waals surface area contributed by atoms with E-state index in [0.29, 0.717) is 6.10 Å². The Balaban J connectivity index is 2.15. The van der Waals surface area contributed by atoms with Crippen molar-refractivity contribution in [1.29, 1.82) is 0 Å². The third kappa shape index (κ3) is 3.30. The van der Waals surface area contributed by atoms with Crippen LogP contribution in [0.3, 0.4) is 0 Å². The van der Waals surface area contributed by atoms with Crippen molar-refractivity contribution in [2.45, 2.75) is 69.8 Å². The molecule has 2 rings (SSSR count). The molecule has 19 heavy (non-hydrogen) atoms. The quantitative estimate of drug-likeness (QED) is 0.849. The van der Waals surface area contributed by atoms with E-state index in [1.165, 1.54) is 19.3 Å². The summed E-state index contributed by atoms with van der Waals surface area (Å²) >= 11 is 0. The number of ether oxygens (including phenoxy) is 2. The van der Waals surface area contributed by atoms with E-state index in [-0.39, 0.29) is 17.2 Å². The van der Waals surface area contributed by atoms with Crippen molar-refractivity contribution >= 4 is 0 Å². The summed E-state index contributed by atoms with van der Waals surface area (Å²) in [6.45, 7) is 9.18. The molecule has 2 aliphatic rings. The summed E-state index contributed by atoms with van der Waals surface area (Å²) in [6, 6.07) is 0. The van der Waals surface area contributed by atoms with Crippen LogP contribution < -0.4 is 5.73 Å². The molecular formula is C15H30N2O2. The van der Waals surface area contributed by atoms with Crippen molar-refractivity contribution in [2.24, 2.45) is 5.73 Å². The first-order chi connectivity index (χ1) is 8.91. The standard InChI is InChI=1S/C15H30N2O2/c1-12-9-17(11-14(2,3)19-12)15(10-16)7-5-6-13(8-15)18-4/h12-13H,5-11,16H2,1-4H3. The molecule has 112 valence electrons. The van der Waals surface area contributed by atoms with Crippen LogP contribution in [0.2, 0.25) is 0 Å². The van der Waals surface area contributed by atoms with Gasteiger partial charge in [0.25, 0.3) is 0 Å². The molecule has 3 unspecified atom stereocenters. The molecule has 0 aromatic heterocycles. The van der Waals surface area contributed by atoms with Gasteiger partial charge < -0.3 is 15.2 Å². The number of hydrogen-bond acceptors (Lipinski definition) is 4. The van der Waals surface area contributed by atoms with Crippen molar-refractivity contribution in [3.05, 3.63) is 0 Å². The molecule has 1 aliphatic carbocycles. The molecule has 0 aromatic rings. The van der Waals surface area contributed by atoms with Crippen LogP contribution in [-0.2, 0) is 9.47 Å². The van der Waals surface area contributed by atoms with Gasteiger partial charge in [0.15, 0.2) is 0 Å². The summed E-state index contributed by atoms with van der Waals surface area (Å²) in [7, 11) is 1.82. The van der Waals surface area contributed by atoms with Gasteiger partial charge in [0.05, 0.1) is 17.8 Å². The van der Waals surface area contributed by atoms with Gasteiger partial charge in [-0.1, -0.05) is 0 Å². The van der Waals surface area contributed by atoms with E-state index in [1.807, 2.05) is 7.11 Å². The Morgan fingerprint density at radius 1 is 1.42 bits per heavy atom. The fourth-order valence-corrected chi connectivity index (χ4v) is 3.90. The van der Waals surface area contributed by atoms with Crippen molar-refractivity contribution in [2.75, 3.05) is 26.7 Å². The third-order valence-corrected chi connectivity index (χ3v) is 4.73. The minimum absolute atomic E-state index is 0.0835. The van der Waals surface area contributed by atoms with Crippen LogP contribution in [0.5, 0.6) is 0 Å². The Morgan fingerprint density at radius 3 is 2.74 bits per heavy atom. The summed E-state index contributed by atoms with van der Waals surface area (Å²) in [6.07, 6.45) is 5.26. The van der Waals surface area contributed by atoms with Gasteiger partial charge in [0, 0.05) is 32.3 Å². The van der Waals surface area contributed by atoms with Gasteiger partial charge in [-0.2, -0.15) is 0 Å². The van der Waals surface area contributed by atoms with Gasteiger partial charge in [0.2, 0.25) is 0 Å². The van der Waals surface area contributed by atoms with Gasteiger partial charge >= 0.3 is 0 Å². The molecule has 0 radical (unpaired) electrons. The minimum Gasteiger partial charge on any atom is -0.381 e. The predicted octanol–water partition coefficient (Wildman–Crippen LogP) is 1.77. The molecular weight excluding hydrogens is 240 g/mol. The molecule has 1 saturated carbocycles. The number of nitrogens with zero attached hydrogens (tertiary/aromatic N) is 1. The molecule has 1 aliphatic heterocycles. The zero-order valence-electron chi connectivity index (χ0n) is 12.9. The van der Waals surface area contributed by atoms with Gasteiger partial charge in [-0.3, -0.25) is 4.90 Å². The fourth-order valence-electron chi connectivity index (χ4n) is 3.90. The molecule has 2 fully saturated rings. The van der Waals surface area contributed by atoms with Crippen molar-refractivity contribution in [3.8, 4) is 0 Å². The van der Waals surface area contributed by atoms with Crippen LogP contribution in [0.15, 0.2) is 0 Å². The molecule has 0 spiro atoms. The first-order valence-electron chi connectivity index (χ1n) is 7.56. The van der Waals surface area contributed by atoms with E-state index < -0.39 is 0 Å². The molecule has 0 aromatic carbocycles. The molecule has 0 amide bonds. The van der Waals surface area contributed by atoms with Crippen LogP contribution >= 0.6 is 0 Å². The van der Waals surface area contributed by atoms with Crippen LogP contribution in [0.4, 0.5) is 0 Å². The Hall–Kier alpha value is -0.160. The monoisotopic (exact) mass is 270 g/mol. The second-order valence-corrected chi connectivity index (χ2v) is 6.95. The molecule has 4 nitrogen and oxygen atoms in total. The molecule has 1 heterocycles. The van der Waals surface area contributed by atoms with Gasteiger partial charge in [-0.05, 0) is 46.5 Å². The fraction of sp³-hybridized carbons (Fsp3) is 1.00. The zero-order chi connectivity index (χ0) is 14.1. The van der Waals surface area contributed by atoms with E-state index in [1.54, 1.807) is 0 Å². The highest BCUT2D eigenvalue weighted by Gasteiger charge is 2.45. The summed E-state index contributed by atoms with van der Waals surface area (Å²) in [4.78, 5) is 2.58. The van der Waals surface area contributed by atoms with E-state index in [2.05, 4.69) is 25.7 Å². The number of morpholine rings is 1. The normalized spacial score (nSPS) is 40.3. The smallest absolute Gasteiger partial charge is 0.0757 e. The average molecular weight is 270 g/mol. The number of nitrogens with two attached hydrogens (primary N) is 1. The lowest BCUT2D eigenvalue weighted by Gasteiger charge is -2.53. The topological polar surface area (TPSA) is 47.7 Å². The van der Waals surface area contributed by atoms with Gasteiger partial charge in [0.1, 0.15) is 0 Å². The Morgan fingerprint density at radius 2 is 2.16 bits per heavy atom. The summed E-state index contributed by atoms with van der Waals surface area (Å²) in [5, 5.41) is 0. The van der Waals surface area contributed by atoms with Crippen molar-refractivity contribution in [1.82, 2.24) is 4.90 Å². The van der Waals surface area contributed by atoms with Gasteiger partial charge in [-0.25, -0.2) is 0 Å². The minimum atomic E-state index is -0.0835. The van der Waals surface area contributed by atoms with E-state index in [4.69, 9.17) is 15.2 Å². The Labute approximate surface area is 117 Å². The van der Waals surface area contributed by atoms with Crippen LogP contribution in [-0.4, -0.2) is 55.0 Å². The maximum atomic E-state index is 6.18. The highest BCUT2D eigenvalue weighted by Crippen LogP contribution is 2.37. The molecule has 1 saturated heterocycles. The SMILES string of the molecule is COC1CCCC(CN)(N2CC(C)OC(C)(C)C2)C1. The predicted molar refractivity (Wildman–Crippen MR) is 77.2 cm³/mol. The lowest BCUT2D eigenvalue weighted by atomic mass is 9.77. The summed E-state index contributed by atoms with van der Waals surface area (Å²) < 4.78 is 11.6. The lowest BCUT2D eigenvalue weighted by Crippen LogP contribution is -2.65. The maximum Gasteiger partial charge on any atom is 0.0757 e. The van der Waals surface area contributed by atoms with Crippen molar-refractivity contribution < 1.29 is 9.47 Å². The highest BCUT2D eigenvalue weighted by atomic mass is 16.5. The van der Waals surface area contributed by atoms with E-state index >= 15 is 0 Å². The Bertz CT molecular complexity index is 309. The largest absolute Gasteiger partial charge is 0.381 e. The van der Waals surface area contributed by atoms with Crippen molar-refractivity contribution in [3.63, 3.8) is 0 Å². The molecule has 3 atom stereocenters. The summed E-state index contributed by atoms with van der Waals surface area (Å²) in [5.74, 6) is 0. The summed E-state index contributed by atoms with van der Waals surface area (Å²) in [5.41, 5.74) is 6.20. The average Bonchev–Trinajstić information content (AvgIpc) is 2.36. The number of hydrogen-bond donors (Lipinski definition) is 1. The molecule has 0 bridgehead atoms. The second kappa shape index (κ2) is 5.68. The molecule has 4 heteroatoms.